The zero-order valence-electron chi connectivity index (χ0n) is 15.0. The number of fused-ring (bicyclic) bond motifs is 1. The highest BCUT2D eigenvalue weighted by Gasteiger charge is 2.24. The molecule has 0 radical (unpaired) electrons. The van der Waals surface area contributed by atoms with E-state index < -0.39 is 0 Å². The third-order valence-corrected chi connectivity index (χ3v) is 7.07. The van der Waals surface area contributed by atoms with Crippen LogP contribution in [0.2, 0.25) is 0 Å². The SMILES string of the molecule is Cc1csc(SCc2c(C(=O)N(C)Cc3ccsc3)oc3ccccc23)n1. The summed E-state index contributed by atoms with van der Waals surface area (Å²) in [6, 6.07) is 9.86. The number of para-hydroxylation sites is 1. The highest BCUT2D eigenvalue weighted by molar-refractivity contribution is 8.00. The molecule has 4 aromatic rings. The van der Waals surface area contributed by atoms with Crippen molar-refractivity contribution < 1.29 is 9.21 Å². The third kappa shape index (κ3) is 3.95. The lowest BCUT2D eigenvalue weighted by Crippen LogP contribution is -2.26. The minimum absolute atomic E-state index is 0.0941. The van der Waals surface area contributed by atoms with Gasteiger partial charge in [-0.15, -0.1) is 11.3 Å². The molecule has 0 saturated carbocycles. The molecule has 4 rings (SSSR count). The van der Waals surface area contributed by atoms with E-state index in [0.29, 0.717) is 18.1 Å². The molecule has 0 aliphatic rings. The van der Waals surface area contributed by atoms with Crippen LogP contribution in [-0.2, 0) is 12.3 Å². The van der Waals surface area contributed by atoms with Crippen LogP contribution in [0.1, 0.15) is 27.4 Å². The Labute approximate surface area is 169 Å². The van der Waals surface area contributed by atoms with Crippen molar-refractivity contribution in [3.05, 3.63) is 69.1 Å². The van der Waals surface area contributed by atoms with E-state index in [2.05, 4.69) is 10.4 Å². The van der Waals surface area contributed by atoms with Gasteiger partial charge in [-0.05, 0) is 35.4 Å². The van der Waals surface area contributed by atoms with Gasteiger partial charge in [-0.3, -0.25) is 4.79 Å². The minimum atomic E-state index is -0.0941. The average Bonchev–Trinajstić information content (AvgIpc) is 3.39. The second kappa shape index (κ2) is 7.88. The van der Waals surface area contributed by atoms with Gasteiger partial charge in [-0.2, -0.15) is 11.3 Å². The molecule has 1 aromatic carbocycles. The van der Waals surface area contributed by atoms with Crippen LogP contribution in [-0.4, -0.2) is 22.8 Å². The normalized spacial score (nSPS) is 11.2. The Bertz CT molecular complexity index is 1070. The smallest absolute Gasteiger partial charge is 0.289 e. The highest BCUT2D eigenvalue weighted by Crippen LogP contribution is 2.33. The van der Waals surface area contributed by atoms with Crippen LogP contribution in [0.25, 0.3) is 11.0 Å². The van der Waals surface area contributed by atoms with E-state index in [0.717, 1.165) is 32.1 Å². The van der Waals surface area contributed by atoms with Gasteiger partial charge < -0.3 is 9.32 Å². The van der Waals surface area contributed by atoms with Crippen LogP contribution in [0.15, 0.2) is 55.2 Å². The maximum absolute atomic E-state index is 13.1. The Hall–Kier alpha value is -2.09. The van der Waals surface area contributed by atoms with Gasteiger partial charge in [-0.25, -0.2) is 4.98 Å². The second-order valence-corrected chi connectivity index (χ2v) is 9.10. The standard InChI is InChI=1S/C20H18N2O2S3/c1-13-10-26-20(21-13)27-12-16-15-5-3-4-6-17(15)24-18(16)19(23)22(2)9-14-7-8-25-11-14/h3-8,10-11H,9,12H2,1-2H3. The van der Waals surface area contributed by atoms with Crippen molar-refractivity contribution in [1.82, 2.24) is 9.88 Å². The first kappa shape index (κ1) is 18.3. The molecule has 3 aromatic heterocycles. The van der Waals surface area contributed by atoms with E-state index >= 15 is 0 Å². The summed E-state index contributed by atoms with van der Waals surface area (Å²) in [5.41, 5.74) is 3.83. The lowest BCUT2D eigenvalue weighted by molar-refractivity contribution is 0.0755. The number of hydrogen-bond donors (Lipinski definition) is 0. The maximum Gasteiger partial charge on any atom is 0.289 e. The van der Waals surface area contributed by atoms with Gasteiger partial charge >= 0.3 is 0 Å². The van der Waals surface area contributed by atoms with Gasteiger partial charge in [0, 0.05) is 41.4 Å². The van der Waals surface area contributed by atoms with Gasteiger partial charge in [-0.1, -0.05) is 30.0 Å². The first-order valence-corrected chi connectivity index (χ1v) is 11.2. The molecule has 7 heteroatoms. The Kier molecular flexibility index (Phi) is 5.33. The molecule has 0 spiro atoms. The summed E-state index contributed by atoms with van der Waals surface area (Å²) in [6.07, 6.45) is 0. The lowest BCUT2D eigenvalue weighted by Gasteiger charge is -2.15. The van der Waals surface area contributed by atoms with Crippen LogP contribution in [0.3, 0.4) is 0 Å². The quantitative estimate of drug-likeness (QED) is 0.373. The number of aromatic nitrogens is 1. The van der Waals surface area contributed by atoms with Gasteiger partial charge in [0.15, 0.2) is 5.76 Å². The molecule has 0 bridgehead atoms. The number of carbonyl (C=O) groups is 1. The summed E-state index contributed by atoms with van der Waals surface area (Å²) in [7, 11) is 1.81. The maximum atomic E-state index is 13.1. The molecule has 0 saturated heterocycles. The summed E-state index contributed by atoms with van der Waals surface area (Å²) in [5.74, 6) is 0.982. The number of aryl methyl sites for hydroxylation is 1. The van der Waals surface area contributed by atoms with Crippen LogP contribution in [0.4, 0.5) is 0 Å². The van der Waals surface area contributed by atoms with E-state index in [1.54, 1.807) is 39.3 Å². The fraction of sp³-hybridized carbons (Fsp3) is 0.200. The fourth-order valence-electron chi connectivity index (χ4n) is 2.85. The summed E-state index contributed by atoms with van der Waals surface area (Å²) in [6.45, 7) is 2.56. The van der Waals surface area contributed by atoms with Crippen molar-refractivity contribution in [1.29, 1.82) is 0 Å². The minimum Gasteiger partial charge on any atom is -0.451 e. The Morgan fingerprint density at radius 2 is 2.11 bits per heavy atom. The molecule has 0 fully saturated rings. The third-order valence-electron chi connectivity index (χ3n) is 4.18. The van der Waals surface area contributed by atoms with Gasteiger partial charge in [0.2, 0.25) is 0 Å². The predicted molar refractivity (Wildman–Crippen MR) is 113 cm³/mol. The molecular weight excluding hydrogens is 396 g/mol. The Morgan fingerprint density at radius 1 is 1.26 bits per heavy atom. The molecule has 27 heavy (non-hydrogen) atoms. The van der Waals surface area contributed by atoms with E-state index in [9.17, 15) is 4.79 Å². The first-order chi connectivity index (χ1) is 13.1. The second-order valence-electron chi connectivity index (χ2n) is 6.24. The summed E-state index contributed by atoms with van der Waals surface area (Å²) < 4.78 is 6.98. The highest BCUT2D eigenvalue weighted by atomic mass is 32.2. The topological polar surface area (TPSA) is 46.3 Å². The van der Waals surface area contributed by atoms with Crippen LogP contribution < -0.4 is 0 Å². The van der Waals surface area contributed by atoms with Crippen LogP contribution in [0.5, 0.6) is 0 Å². The van der Waals surface area contributed by atoms with E-state index in [4.69, 9.17) is 4.42 Å². The number of thiazole rings is 1. The molecule has 1 amide bonds. The number of amides is 1. The number of carbonyl (C=O) groups excluding carboxylic acids is 1. The van der Waals surface area contributed by atoms with Crippen molar-refractivity contribution in [2.75, 3.05) is 7.05 Å². The molecule has 3 heterocycles. The van der Waals surface area contributed by atoms with Crippen LogP contribution >= 0.6 is 34.4 Å². The summed E-state index contributed by atoms with van der Waals surface area (Å²) >= 11 is 4.90. The number of thiophene rings is 1. The van der Waals surface area contributed by atoms with Gasteiger partial charge in [0.05, 0.1) is 0 Å². The zero-order chi connectivity index (χ0) is 18.8. The predicted octanol–water partition coefficient (Wildman–Crippen LogP) is 5.82. The number of benzene rings is 1. The lowest BCUT2D eigenvalue weighted by atomic mass is 10.1. The molecule has 0 aliphatic carbocycles. The van der Waals surface area contributed by atoms with Gasteiger partial charge in [0.25, 0.3) is 5.91 Å². The van der Waals surface area contributed by atoms with Crippen molar-refractivity contribution in [3.8, 4) is 0 Å². The number of thioether (sulfide) groups is 1. The first-order valence-electron chi connectivity index (χ1n) is 8.43. The Morgan fingerprint density at radius 3 is 2.85 bits per heavy atom. The molecule has 0 N–H and O–H groups in total. The molecule has 0 aliphatic heterocycles. The summed E-state index contributed by atoms with van der Waals surface area (Å²) in [5, 5.41) is 7.11. The molecule has 138 valence electrons. The summed E-state index contributed by atoms with van der Waals surface area (Å²) in [4.78, 5) is 19.3. The molecule has 0 unspecified atom stereocenters. The molecule has 0 atom stereocenters. The van der Waals surface area contributed by atoms with Crippen molar-refractivity contribution in [2.24, 2.45) is 0 Å². The largest absolute Gasteiger partial charge is 0.451 e. The van der Waals surface area contributed by atoms with Crippen molar-refractivity contribution in [3.63, 3.8) is 0 Å². The van der Waals surface area contributed by atoms with E-state index in [1.807, 2.05) is 55.1 Å². The van der Waals surface area contributed by atoms with E-state index in [-0.39, 0.29) is 5.91 Å². The Balaban J connectivity index is 1.63. The van der Waals surface area contributed by atoms with Gasteiger partial charge in [0.1, 0.15) is 9.92 Å². The van der Waals surface area contributed by atoms with E-state index in [1.165, 1.54) is 0 Å². The molecular formula is C20H18N2O2S3. The van der Waals surface area contributed by atoms with Crippen molar-refractivity contribution >= 4 is 51.3 Å². The monoisotopic (exact) mass is 414 g/mol. The average molecular weight is 415 g/mol. The fourth-order valence-corrected chi connectivity index (χ4v) is 5.39. The molecule has 4 nitrogen and oxygen atoms in total. The zero-order valence-corrected chi connectivity index (χ0v) is 17.4. The van der Waals surface area contributed by atoms with Crippen LogP contribution in [0, 0.1) is 6.92 Å². The van der Waals surface area contributed by atoms with Crippen molar-refractivity contribution in [2.45, 2.75) is 23.6 Å². The number of nitrogens with zero attached hydrogens (tertiary/aromatic N) is 2. The number of rotatable bonds is 6. The number of hydrogen-bond acceptors (Lipinski definition) is 6. The number of furan rings is 1.